The Morgan fingerprint density at radius 2 is 2.21 bits per heavy atom. The summed E-state index contributed by atoms with van der Waals surface area (Å²) in [6, 6.07) is 8.81. The van der Waals surface area contributed by atoms with Crippen LogP contribution in [0, 0.1) is 11.7 Å². The van der Waals surface area contributed by atoms with E-state index in [0.29, 0.717) is 0 Å². The predicted octanol–water partition coefficient (Wildman–Crippen LogP) is 3.21. The van der Waals surface area contributed by atoms with Crippen LogP contribution in [0.2, 0.25) is 0 Å². The fraction of sp³-hybridized carbons (Fsp3) is 0.474. The van der Waals surface area contributed by atoms with Crippen LogP contribution in [0.25, 0.3) is 0 Å². The summed E-state index contributed by atoms with van der Waals surface area (Å²) in [5, 5.41) is 4.27. The first-order valence-corrected chi connectivity index (χ1v) is 8.76. The predicted molar refractivity (Wildman–Crippen MR) is 88.8 cm³/mol. The maximum atomic E-state index is 13.4. The highest BCUT2D eigenvalue weighted by Crippen LogP contribution is 2.49. The summed E-state index contributed by atoms with van der Waals surface area (Å²) in [5.41, 5.74) is 0.953. The fourth-order valence-corrected chi connectivity index (χ4v) is 3.89. The number of aromatic nitrogens is 2. The fourth-order valence-electron chi connectivity index (χ4n) is 3.89. The van der Waals surface area contributed by atoms with Crippen molar-refractivity contribution in [1.29, 1.82) is 0 Å². The van der Waals surface area contributed by atoms with Crippen LogP contribution in [0.4, 0.5) is 4.39 Å². The van der Waals surface area contributed by atoms with Gasteiger partial charge in [-0.25, -0.2) is 4.39 Å². The normalized spacial score (nSPS) is 26.4. The van der Waals surface area contributed by atoms with Crippen LogP contribution in [0.15, 0.2) is 42.7 Å². The molecule has 0 unspecified atom stereocenters. The van der Waals surface area contributed by atoms with Crippen molar-refractivity contribution in [3.8, 4) is 0 Å². The lowest BCUT2D eigenvalue weighted by molar-refractivity contribution is -0.136. The Balaban J connectivity index is 1.45. The zero-order valence-electron chi connectivity index (χ0n) is 13.6. The van der Waals surface area contributed by atoms with Crippen LogP contribution < -0.4 is 0 Å². The molecule has 1 amide bonds. The minimum absolute atomic E-state index is 0.0185. The van der Waals surface area contributed by atoms with Gasteiger partial charge < -0.3 is 4.90 Å². The molecular formula is C19H22FN3O. The highest BCUT2D eigenvalue weighted by molar-refractivity contribution is 5.83. The van der Waals surface area contributed by atoms with Crippen molar-refractivity contribution in [3.63, 3.8) is 0 Å². The second kappa shape index (κ2) is 6.38. The van der Waals surface area contributed by atoms with Gasteiger partial charge in [-0.05, 0) is 55.4 Å². The number of hydrogen-bond acceptors (Lipinski definition) is 2. The number of nitrogens with zero attached hydrogens (tertiary/aromatic N) is 3. The van der Waals surface area contributed by atoms with Crippen LogP contribution in [-0.4, -0.2) is 33.2 Å². The second-order valence-electron chi connectivity index (χ2n) is 6.91. The van der Waals surface area contributed by atoms with Crippen molar-refractivity contribution in [2.45, 2.75) is 44.2 Å². The molecule has 1 aliphatic heterocycles. The molecule has 1 aromatic heterocycles. The van der Waals surface area contributed by atoms with Gasteiger partial charge in [-0.15, -0.1) is 0 Å². The SMILES string of the molecule is O=C([C@@H]1C[C@@H]1c1cccc(F)c1)N1CCCC[C@H]1Cn1cccn1. The van der Waals surface area contributed by atoms with Gasteiger partial charge >= 0.3 is 0 Å². The Bertz CT molecular complexity index is 715. The maximum absolute atomic E-state index is 13.4. The largest absolute Gasteiger partial charge is 0.338 e. The van der Waals surface area contributed by atoms with Crippen molar-refractivity contribution < 1.29 is 9.18 Å². The van der Waals surface area contributed by atoms with Crippen LogP contribution in [-0.2, 0) is 11.3 Å². The summed E-state index contributed by atoms with van der Waals surface area (Å²) in [5.74, 6) is 0.215. The van der Waals surface area contributed by atoms with Gasteiger partial charge in [-0.1, -0.05) is 12.1 Å². The summed E-state index contributed by atoms with van der Waals surface area (Å²) in [6.45, 7) is 1.59. The van der Waals surface area contributed by atoms with Gasteiger partial charge in [0.2, 0.25) is 5.91 Å². The third-order valence-corrected chi connectivity index (χ3v) is 5.25. The van der Waals surface area contributed by atoms with Crippen LogP contribution in [0.5, 0.6) is 0 Å². The van der Waals surface area contributed by atoms with Crippen molar-refractivity contribution in [1.82, 2.24) is 14.7 Å². The van der Waals surface area contributed by atoms with Gasteiger partial charge in [0.1, 0.15) is 5.82 Å². The minimum Gasteiger partial charge on any atom is -0.338 e. The Kier molecular flexibility index (Phi) is 4.08. The number of carbonyl (C=O) groups is 1. The summed E-state index contributed by atoms with van der Waals surface area (Å²) in [6.07, 6.45) is 7.82. The first kappa shape index (κ1) is 15.4. The topological polar surface area (TPSA) is 38.1 Å². The molecule has 0 spiro atoms. The van der Waals surface area contributed by atoms with Gasteiger partial charge in [-0.2, -0.15) is 5.10 Å². The van der Waals surface area contributed by atoms with E-state index in [1.165, 1.54) is 6.07 Å². The first-order valence-electron chi connectivity index (χ1n) is 8.76. The lowest BCUT2D eigenvalue weighted by Crippen LogP contribution is -2.46. The molecule has 4 rings (SSSR count). The van der Waals surface area contributed by atoms with E-state index in [9.17, 15) is 9.18 Å². The minimum atomic E-state index is -0.222. The van der Waals surface area contributed by atoms with Crippen LogP contribution >= 0.6 is 0 Å². The van der Waals surface area contributed by atoms with E-state index in [-0.39, 0.29) is 29.6 Å². The lowest BCUT2D eigenvalue weighted by Gasteiger charge is -2.36. The van der Waals surface area contributed by atoms with E-state index in [4.69, 9.17) is 0 Å². The molecule has 4 nitrogen and oxygen atoms in total. The number of likely N-dealkylation sites (tertiary alicyclic amines) is 1. The standard InChI is InChI=1S/C19H22FN3O/c20-15-6-3-5-14(11-15)17-12-18(17)19(24)23-10-2-1-7-16(23)13-22-9-4-8-21-22/h3-6,8-9,11,16-18H,1-2,7,10,12-13H2/t16-,17+,18+/m0/s1. The lowest BCUT2D eigenvalue weighted by atomic mass is 10.0. The molecule has 2 aromatic rings. The molecular weight excluding hydrogens is 305 g/mol. The van der Waals surface area contributed by atoms with E-state index in [1.54, 1.807) is 18.3 Å². The molecule has 1 aliphatic carbocycles. The third-order valence-electron chi connectivity index (χ3n) is 5.25. The average Bonchev–Trinajstić information content (AvgIpc) is 3.24. The number of carbonyl (C=O) groups excluding carboxylic acids is 1. The molecule has 0 bridgehead atoms. The molecule has 2 aliphatic rings. The van der Waals surface area contributed by atoms with Crippen molar-refractivity contribution in [2.75, 3.05) is 6.54 Å². The highest BCUT2D eigenvalue weighted by Gasteiger charge is 2.47. The Morgan fingerprint density at radius 3 is 3.00 bits per heavy atom. The summed E-state index contributed by atoms with van der Waals surface area (Å²) in [7, 11) is 0. The average molecular weight is 327 g/mol. The Labute approximate surface area is 141 Å². The van der Waals surface area contributed by atoms with Crippen LogP contribution in [0.1, 0.15) is 37.2 Å². The van der Waals surface area contributed by atoms with Crippen molar-refractivity contribution >= 4 is 5.91 Å². The second-order valence-corrected chi connectivity index (χ2v) is 6.91. The summed E-state index contributed by atoms with van der Waals surface area (Å²) in [4.78, 5) is 15.0. The Hall–Kier alpha value is -2.17. The number of hydrogen-bond donors (Lipinski definition) is 0. The van der Waals surface area contributed by atoms with Gasteiger partial charge in [0.05, 0.1) is 12.6 Å². The quantitative estimate of drug-likeness (QED) is 0.865. The van der Waals surface area contributed by atoms with Gasteiger partial charge in [0.15, 0.2) is 0 Å². The molecule has 0 radical (unpaired) electrons. The van der Waals surface area contributed by atoms with Gasteiger partial charge in [0, 0.05) is 24.9 Å². The third kappa shape index (κ3) is 3.07. The van der Waals surface area contributed by atoms with Crippen LogP contribution in [0.3, 0.4) is 0 Å². The molecule has 2 heterocycles. The smallest absolute Gasteiger partial charge is 0.226 e. The van der Waals surface area contributed by atoms with Gasteiger partial charge in [-0.3, -0.25) is 9.48 Å². The van der Waals surface area contributed by atoms with Crippen molar-refractivity contribution in [3.05, 3.63) is 54.1 Å². The van der Waals surface area contributed by atoms with E-state index in [0.717, 1.165) is 44.3 Å². The van der Waals surface area contributed by atoms with E-state index >= 15 is 0 Å². The zero-order valence-corrected chi connectivity index (χ0v) is 13.6. The highest BCUT2D eigenvalue weighted by atomic mass is 19.1. The molecule has 5 heteroatoms. The monoisotopic (exact) mass is 327 g/mol. The number of rotatable bonds is 4. The number of amides is 1. The zero-order chi connectivity index (χ0) is 16.5. The van der Waals surface area contributed by atoms with Gasteiger partial charge in [0.25, 0.3) is 0 Å². The van der Waals surface area contributed by atoms with E-state index in [2.05, 4.69) is 10.00 Å². The van der Waals surface area contributed by atoms with E-state index in [1.807, 2.05) is 23.0 Å². The molecule has 126 valence electrons. The molecule has 1 saturated carbocycles. The molecule has 24 heavy (non-hydrogen) atoms. The van der Waals surface area contributed by atoms with Crippen molar-refractivity contribution in [2.24, 2.45) is 5.92 Å². The molecule has 2 fully saturated rings. The molecule has 1 saturated heterocycles. The summed E-state index contributed by atoms with van der Waals surface area (Å²) >= 11 is 0. The first-order chi connectivity index (χ1) is 11.7. The number of halogens is 1. The molecule has 3 atom stereocenters. The molecule has 0 N–H and O–H groups in total. The summed E-state index contributed by atoms with van der Waals surface area (Å²) < 4.78 is 15.3. The maximum Gasteiger partial charge on any atom is 0.226 e. The Morgan fingerprint density at radius 1 is 1.29 bits per heavy atom. The van der Waals surface area contributed by atoms with E-state index < -0.39 is 0 Å². The number of piperidine rings is 1. The number of benzene rings is 1. The molecule has 1 aromatic carbocycles.